The van der Waals surface area contributed by atoms with E-state index < -0.39 is 0 Å². The number of pyridine rings is 1. The van der Waals surface area contributed by atoms with Gasteiger partial charge in [0.05, 0.1) is 10.0 Å². The highest BCUT2D eigenvalue weighted by atomic mass is 35.5. The van der Waals surface area contributed by atoms with Gasteiger partial charge in [0.2, 0.25) is 5.91 Å². The SMILES string of the molecule is NC(=O)C1CCCCN1c1nc(Cl)c(Cl)cc1Cl. The first kappa shape index (κ1) is 13.7. The third kappa shape index (κ3) is 2.66. The van der Waals surface area contributed by atoms with Crippen LogP contribution in [0.15, 0.2) is 6.07 Å². The van der Waals surface area contributed by atoms with Crippen LogP contribution in [0.4, 0.5) is 5.82 Å². The van der Waals surface area contributed by atoms with Crippen molar-refractivity contribution in [3.05, 3.63) is 21.3 Å². The predicted molar refractivity (Wildman–Crippen MR) is 73.4 cm³/mol. The molecule has 1 aliphatic rings. The van der Waals surface area contributed by atoms with Crippen molar-refractivity contribution in [2.24, 2.45) is 5.73 Å². The summed E-state index contributed by atoms with van der Waals surface area (Å²) in [6.07, 6.45) is 2.62. The number of anilines is 1. The Labute approximate surface area is 120 Å². The predicted octanol–water partition coefficient (Wildman–Crippen LogP) is 2.89. The lowest BCUT2D eigenvalue weighted by Gasteiger charge is -2.35. The number of hydrogen-bond acceptors (Lipinski definition) is 3. The summed E-state index contributed by atoms with van der Waals surface area (Å²) in [5, 5.41) is 0.834. The molecule has 2 N–H and O–H groups in total. The molecule has 1 aliphatic heterocycles. The molecule has 1 amide bonds. The average molecular weight is 309 g/mol. The molecule has 1 fully saturated rings. The topological polar surface area (TPSA) is 59.2 Å². The maximum absolute atomic E-state index is 11.5. The molecule has 1 atom stereocenters. The molecule has 0 bridgehead atoms. The number of aromatic nitrogens is 1. The standard InChI is InChI=1S/C11H12Cl3N3O/c12-6-5-7(13)11(16-9(6)14)17-4-2-1-3-8(17)10(15)18/h5,8H,1-4H2,(H2,15,18). The molecule has 0 aromatic carbocycles. The lowest BCUT2D eigenvalue weighted by molar-refractivity contribution is -0.119. The average Bonchev–Trinajstić information content (AvgIpc) is 2.34. The smallest absolute Gasteiger partial charge is 0.240 e. The molecule has 1 unspecified atom stereocenters. The summed E-state index contributed by atoms with van der Waals surface area (Å²) >= 11 is 17.8. The van der Waals surface area contributed by atoms with Crippen molar-refractivity contribution in [2.45, 2.75) is 25.3 Å². The Morgan fingerprint density at radius 1 is 1.33 bits per heavy atom. The van der Waals surface area contributed by atoms with Gasteiger partial charge in [0.15, 0.2) is 0 Å². The molecule has 18 heavy (non-hydrogen) atoms. The minimum absolute atomic E-state index is 0.171. The Kier molecular flexibility index (Phi) is 4.20. The molecule has 1 aromatic heterocycles. The molecule has 0 radical (unpaired) electrons. The number of hydrogen-bond donors (Lipinski definition) is 1. The molecule has 7 heteroatoms. The summed E-state index contributed by atoms with van der Waals surface area (Å²) in [7, 11) is 0. The van der Waals surface area contributed by atoms with Crippen LogP contribution in [0.3, 0.4) is 0 Å². The molecule has 1 aromatic rings. The lowest BCUT2D eigenvalue weighted by Crippen LogP contribution is -2.48. The van der Waals surface area contributed by atoms with E-state index in [-0.39, 0.29) is 22.1 Å². The number of nitrogens with two attached hydrogens (primary N) is 1. The largest absolute Gasteiger partial charge is 0.368 e. The van der Waals surface area contributed by atoms with Crippen molar-refractivity contribution in [1.29, 1.82) is 0 Å². The zero-order valence-corrected chi connectivity index (χ0v) is 11.8. The van der Waals surface area contributed by atoms with Gasteiger partial charge in [-0.2, -0.15) is 0 Å². The third-order valence-corrected chi connectivity index (χ3v) is 3.92. The molecular formula is C11H12Cl3N3O. The number of halogens is 3. The number of carbonyl (C=O) groups excluding carboxylic acids is 1. The van der Waals surface area contributed by atoms with Gasteiger partial charge in [0.25, 0.3) is 0 Å². The third-order valence-electron chi connectivity index (χ3n) is 2.97. The quantitative estimate of drug-likeness (QED) is 0.855. The molecule has 98 valence electrons. The first-order valence-electron chi connectivity index (χ1n) is 5.58. The Morgan fingerprint density at radius 2 is 2.06 bits per heavy atom. The highest BCUT2D eigenvalue weighted by molar-refractivity contribution is 6.43. The summed E-state index contributed by atoms with van der Waals surface area (Å²) in [6.45, 7) is 0.679. The van der Waals surface area contributed by atoms with Gasteiger partial charge in [0, 0.05) is 6.54 Å². The number of nitrogens with zero attached hydrogens (tertiary/aromatic N) is 2. The Bertz CT molecular complexity index is 481. The summed E-state index contributed by atoms with van der Waals surface area (Å²) in [6, 6.07) is 1.14. The van der Waals surface area contributed by atoms with Crippen molar-refractivity contribution in [2.75, 3.05) is 11.4 Å². The summed E-state index contributed by atoms with van der Waals surface area (Å²) in [5.74, 6) is 0.0909. The van der Waals surface area contributed by atoms with Gasteiger partial charge in [-0.15, -0.1) is 0 Å². The van der Waals surface area contributed by atoms with E-state index >= 15 is 0 Å². The number of amides is 1. The Hall–Kier alpha value is -0.710. The van der Waals surface area contributed by atoms with E-state index in [0.29, 0.717) is 23.8 Å². The van der Waals surface area contributed by atoms with Gasteiger partial charge in [-0.3, -0.25) is 4.79 Å². The molecule has 4 nitrogen and oxygen atoms in total. The highest BCUT2D eigenvalue weighted by Gasteiger charge is 2.29. The monoisotopic (exact) mass is 307 g/mol. The fourth-order valence-corrected chi connectivity index (χ4v) is 2.72. The van der Waals surface area contributed by atoms with Crippen LogP contribution in [0.1, 0.15) is 19.3 Å². The van der Waals surface area contributed by atoms with Gasteiger partial charge >= 0.3 is 0 Å². The molecular weight excluding hydrogens is 296 g/mol. The summed E-state index contributed by atoms with van der Waals surface area (Å²) in [4.78, 5) is 17.4. The van der Waals surface area contributed by atoms with Crippen LogP contribution in [0, 0.1) is 0 Å². The van der Waals surface area contributed by atoms with Crippen LogP contribution in [0.5, 0.6) is 0 Å². The zero-order valence-electron chi connectivity index (χ0n) is 9.50. The van der Waals surface area contributed by atoms with E-state index in [1.807, 2.05) is 0 Å². The fourth-order valence-electron chi connectivity index (χ4n) is 2.12. The van der Waals surface area contributed by atoms with Crippen LogP contribution >= 0.6 is 34.8 Å². The second-order valence-corrected chi connectivity index (χ2v) is 5.35. The van der Waals surface area contributed by atoms with Gasteiger partial charge < -0.3 is 10.6 Å². The van der Waals surface area contributed by atoms with Gasteiger partial charge in [0.1, 0.15) is 17.0 Å². The summed E-state index contributed by atoms with van der Waals surface area (Å²) < 4.78 is 0. The first-order chi connectivity index (χ1) is 8.50. The van der Waals surface area contributed by atoms with Crippen molar-refractivity contribution in [1.82, 2.24) is 4.98 Å². The number of carbonyl (C=O) groups is 1. The molecule has 1 saturated heterocycles. The maximum Gasteiger partial charge on any atom is 0.240 e. The molecule has 0 saturated carbocycles. The van der Waals surface area contributed by atoms with E-state index in [4.69, 9.17) is 40.5 Å². The van der Waals surface area contributed by atoms with E-state index in [9.17, 15) is 4.79 Å². The van der Waals surface area contributed by atoms with E-state index in [1.54, 1.807) is 4.90 Å². The zero-order chi connectivity index (χ0) is 13.3. The van der Waals surface area contributed by atoms with Gasteiger partial charge in [-0.25, -0.2) is 4.98 Å². The van der Waals surface area contributed by atoms with Gasteiger partial charge in [-0.05, 0) is 25.3 Å². The van der Waals surface area contributed by atoms with Crippen LogP contribution < -0.4 is 10.6 Å². The van der Waals surface area contributed by atoms with E-state index in [1.165, 1.54) is 6.07 Å². The van der Waals surface area contributed by atoms with Crippen molar-refractivity contribution in [3.8, 4) is 0 Å². The first-order valence-corrected chi connectivity index (χ1v) is 6.71. The molecule has 2 heterocycles. The molecule has 0 aliphatic carbocycles. The van der Waals surface area contributed by atoms with Gasteiger partial charge in [-0.1, -0.05) is 34.8 Å². The van der Waals surface area contributed by atoms with Crippen LogP contribution in [-0.4, -0.2) is 23.5 Å². The van der Waals surface area contributed by atoms with Crippen molar-refractivity contribution in [3.63, 3.8) is 0 Å². The minimum atomic E-state index is -0.388. The number of rotatable bonds is 2. The van der Waals surface area contributed by atoms with E-state index in [2.05, 4.69) is 4.98 Å². The lowest BCUT2D eigenvalue weighted by atomic mass is 10.0. The second kappa shape index (κ2) is 5.51. The highest BCUT2D eigenvalue weighted by Crippen LogP contribution is 2.34. The molecule has 2 rings (SSSR count). The van der Waals surface area contributed by atoms with Crippen LogP contribution in [0.25, 0.3) is 0 Å². The fraction of sp³-hybridized carbons (Fsp3) is 0.455. The summed E-state index contributed by atoms with van der Waals surface area (Å²) in [5.41, 5.74) is 5.40. The number of primary amides is 1. The molecule has 0 spiro atoms. The second-order valence-electron chi connectivity index (χ2n) is 4.17. The minimum Gasteiger partial charge on any atom is -0.368 e. The van der Waals surface area contributed by atoms with Crippen molar-refractivity contribution < 1.29 is 4.79 Å². The van der Waals surface area contributed by atoms with Crippen molar-refractivity contribution >= 4 is 46.5 Å². The number of piperidine rings is 1. The Balaban J connectivity index is 2.39. The van der Waals surface area contributed by atoms with E-state index in [0.717, 1.165) is 12.8 Å². The normalized spacial score (nSPS) is 19.9. The van der Waals surface area contributed by atoms with Crippen LogP contribution in [0.2, 0.25) is 15.2 Å². The van der Waals surface area contributed by atoms with Crippen LogP contribution in [-0.2, 0) is 4.79 Å². The Morgan fingerprint density at radius 3 is 2.72 bits per heavy atom. The maximum atomic E-state index is 11.5.